The number of nitrogens with two attached hydrogens (primary N) is 1. The highest BCUT2D eigenvalue weighted by Crippen LogP contribution is 2.32. The number of hydrogen-bond donors (Lipinski definition) is 2. The highest BCUT2D eigenvalue weighted by atomic mass is 32.2. The molecule has 0 heterocycles. The Labute approximate surface area is 119 Å². The SMILES string of the molecule is COc1cc(S(=O)(=O)N(CCO)C2CCC2)ccc1N. The molecule has 0 unspecified atom stereocenters. The van der Waals surface area contributed by atoms with Gasteiger partial charge in [0.1, 0.15) is 5.75 Å². The van der Waals surface area contributed by atoms with E-state index < -0.39 is 10.0 Å². The second-order valence-electron chi connectivity index (χ2n) is 4.83. The zero-order chi connectivity index (χ0) is 14.8. The highest BCUT2D eigenvalue weighted by molar-refractivity contribution is 7.89. The van der Waals surface area contributed by atoms with Gasteiger partial charge in [-0.3, -0.25) is 0 Å². The van der Waals surface area contributed by atoms with E-state index in [1.807, 2.05) is 0 Å². The lowest BCUT2D eigenvalue weighted by molar-refractivity contribution is 0.178. The first-order valence-corrected chi connectivity index (χ1v) is 8.01. The van der Waals surface area contributed by atoms with Crippen molar-refractivity contribution >= 4 is 15.7 Å². The fourth-order valence-electron chi connectivity index (χ4n) is 2.26. The number of sulfonamides is 1. The average Bonchev–Trinajstić information content (AvgIpc) is 2.36. The smallest absolute Gasteiger partial charge is 0.243 e. The van der Waals surface area contributed by atoms with Crippen LogP contribution in [0, 0.1) is 0 Å². The molecule has 0 saturated heterocycles. The van der Waals surface area contributed by atoms with Gasteiger partial charge in [0.2, 0.25) is 10.0 Å². The van der Waals surface area contributed by atoms with E-state index in [1.165, 1.54) is 29.6 Å². The Morgan fingerprint density at radius 3 is 2.65 bits per heavy atom. The van der Waals surface area contributed by atoms with Crippen molar-refractivity contribution in [2.75, 3.05) is 26.0 Å². The molecule has 2 rings (SSSR count). The molecule has 0 bridgehead atoms. The first kappa shape index (κ1) is 15.1. The lowest BCUT2D eigenvalue weighted by atomic mass is 9.93. The van der Waals surface area contributed by atoms with Gasteiger partial charge >= 0.3 is 0 Å². The van der Waals surface area contributed by atoms with E-state index in [0.29, 0.717) is 11.4 Å². The topological polar surface area (TPSA) is 92.9 Å². The van der Waals surface area contributed by atoms with E-state index in [-0.39, 0.29) is 24.1 Å². The monoisotopic (exact) mass is 300 g/mol. The maximum Gasteiger partial charge on any atom is 0.243 e. The van der Waals surface area contributed by atoms with E-state index in [4.69, 9.17) is 15.6 Å². The molecule has 1 aliphatic rings. The molecule has 0 amide bonds. The molecule has 1 aliphatic carbocycles. The Bertz CT molecular complexity index is 570. The summed E-state index contributed by atoms with van der Waals surface area (Å²) in [6.07, 6.45) is 2.70. The van der Waals surface area contributed by atoms with E-state index in [1.54, 1.807) is 0 Å². The summed E-state index contributed by atoms with van der Waals surface area (Å²) >= 11 is 0. The Balaban J connectivity index is 2.36. The molecule has 3 N–H and O–H groups in total. The number of ether oxygens (including phenoxy) is 1. The minimum Gasteiger partial charge on any atom is -0.495 e. The van der Waals surface area contributed by atoms with Crippen molar-refractivity contribution < 1.29 is 18.3 Å². The van der Waals surface area contributed by atoms with E-state index >= 15 is 0 Å². The molecular weight excluding hydrogens is 280 g/mol. The molecule has 6 nitrogen and oxygen atoms in total. The summed E-state index contributed by atoms with van der Waals surface area (Å²) in [5.41, 5.74) is 6.09. The molecule has 7 heteroatoms. The number of rotatable bonds is 6. The average molecular weight is 300 g/mol. The number of aliphatic hydroxyl groups excluding tert-OH is 1. The second kappa shape index (κ2) is 5.99. The van der Waals surface area contributed by atoms with Crippen molar-refractivity contribution in [2.45, 2.75) is 30.2 Å². The molecule has 1 aromatic carbocycles. The van der Waals surface area contributed by atoms with Crippen LogP contribution in [0.15, 0.2) is 23.1 Å². The third kappa shape index (κ3) is 2.74. The van der Waals surface area contributed by atoms with Gasteiger partial charge in [-0.1, -0.05) is 6.42 Å². The van der Waals surface area contributed by atoms with Crippen LogP contribution in [0.3, 0.4) is 0 Å². The van der Waals surface area contributed by atoms with Gasteiger partial charge in [-0.15, -0.1) is 0 Å². The lowest BCUT2D eigenvalue weighted by Gasteiger charge is -2.36. The summed E-state index contributed by atoms with van der Waals surface area (Å²) in [6, 6.07) is 4.39. The Morgan fingerprint density at radius 2 is 2.15 bits per heavy atom. The van der Waals surface area contributed by atoms with Crippen molar-refractivity contribution in [3.8, 4) is 5.75 Å². The largest absolute Gasteiger partial charge is 0.495 e. The zero-order valence-corrected chi connectivity index (χ0v) is 12.3. The van der Waals surface area contributed by atoms with Crippen molar-refractivity contribution in [3.63, 3.8) is 0 Å². The molecule has 20 heavy (non-hydrogen) atoms. The van der Waals surface area contributed by atoms with E-state index in [9.17, 15) is 8.42 Å². The molecular formula is C13H20N2O4S. The lowest BCUT2D eigenvalue weighted by Crippen LogP contribution is -2.45. The fourth-order valence-corrected chi connectivity index (χ4v) is 3.95. The van der Waals surface area contributed by atoms with Gasteiger partial charge in [0.05, 0.1) is 24.3 Å². The van der Waals surface area contributed by atoms with Crippen LogP contribution in [0.4, 0.5) is 5.69 Å². The number of hydrogen-bond acceptors (Lipinski definition) is 5. The van der Waals surface area contributed by atoms with Crippen molar-refractivity contribution in [1.29, 1.82) is 0 Å². The summed E-state index contributed by atoms with van der Waals surface area (Å²) in [5.74, 6) is 0.337. The van der Waals surface area contributed by atoms with Gasteiger partial charge in [0, 0.05) is 18.7 Å². The number of aliphatic hydroxyl groups is 1. The van der Waals surface area contributed by atoms with Crippen LogP contribution in [-0.4, -0.2) is 44.1 Å². The molecule has 1 aromatic rings. The van der Waals surface area contributed by atoms with Crippen LogP contribution in [0.1, 0.15) is 19.3 Å². The van der Waals surface area contributed by atoms with Crippen LogP contribution in [0.2, 0.25) is 0 Å². The predicted molar refractivity (Wildman–Crippen MR) is 76.0 cm³/mol. The summed E-state index contributed by atoms with van der Waals surface area (Å²) in [4.78, 5) is 0.143. The van der Waals surface area contributed by atoms with Crippen molar-refractivity contribution in [2.24, 2.45) is 0 Å². The fraction of sp³-hybridized carbons (Fsp3) is 0.538. The van der Waals surface area contributed by atoms with Gasteiger partial charge in [-0.05, 0) is 25.0 Å². The van der Waals surface area contributed by atoms with Crippen molar-refractivity contribution in [1.82, 2.24) is 4.31 Å². The Kier molecular flexibility index (Phi) is 4.52. The number of nitrogens with zero attached hydrogens (tertiary/aromatic N) is 1. The first-order valence-electron chi connectivity index (χ1n) is 6.57. The molecule has 0 aromatic heterocycles. The minimum absolute atomic E-state index is 0.0179. The number of anilines is 1. The summed E-state index contributed by atoms with van der Waals surface area (Å²) in [6.45, 7) is -0.0818. The third-order valence-electron chi connectivity index (χ3n) is 3.61. The van der Waals surface area contributed by atoms with Crippen LogP contribution >= 0.6 is 0 Å². The first-order chi connectivity index (χ1) is 9.50. The minimum atomic E-state index is -3.63. The maximum absolute atomic E-state index is 12.7. The third-order valence-corrected chi connectivity index (χ3v) is 5.56. The van der Waals surface area contributed by atoms with E-state index in [2.05, 4.69) is 0 Å². The molecule has 0 radical (unpaired) electrons. The van der Waals surface area contributed by atoms with Crippen LogP contribution in [0.5, 0.6) is 5.75 Å². The molecule has 0 aliphatic heterocycles. The number of benzene rings is 1. The Morgan fingerprint density at radius 1 is 1.45 bits per heavy atom. The molecule has 0 spiro atoms. The van der Waals surface area contributed by atoms with Crippen LogP contribution in [-0.2, 0) is 10.0 Å². The van der Waals surface area contributed by atoms with Crippen LogP contribution in [0.25, 0.3) is 0 Å². The van der Waals surface area contributed by atoms with Gasteiger partial charge < -0.3 is 15.6 Å². The molecule has 0 atom stereocenters. The molecule has 112 valence electrons. The van der Waals surface area contributed by atoms with Crippen molar-refractivity contribution in [3.05, 3.63) is 18.2 Å². The highest BCUT2D eigenvalue weighted by Gasteiger charge is 2.34. The van der Waals surface area contributed by atoms with Gasteiger partial charge in [-0.25, -0.2) is 8.42 Å². The van der Waals surface area contributed by atoms with Crippen LogP contribution < -0.4 is 10.5 Å². The summed E-state index contributed by atoms with van der Waals surface area (Å²) in [5, 5.41) is 9.11. The van der Waals surface area contributed by atoms with Gasteiger partial charge in [-0.2, -0.15) is 4.31 Å². The molecule has 1 saturated carbocycles. The quantitative estimate of drug-likeness (QED) is 0.759. The molecule has 1 fully saturated rings. The normalized spacial score (nSPS) is 16.1. The Hall–Kier alpha value is -1.31. The number of nitrogen functional groups attached to an aromatic ring is 1. The van der Waals surface area contributed by atoms with Gasteiger partial charge in [0.15, 0.2) is 0 Å². The number of methoxy groups -OCH3 is 1. The predicted octanol–water partition coefficient (Wildman–Crippen LogP) is 0.813. The standard InChI is InChI=1S/C13H20N2O4S/c1-19-13-9-11(5-6-12(13)14)20(17,18)15(7-8-16)10-3-2-4-10/h5-6,9-10,16H,2-4,7-8,14H2,1H3. The summed E-state index contributed by atoms with van der Waals surface area (Å²) in [7, 11) is -2.19. The summed E-state index contributed by atoms with van der Waals surface area (Å²) < 4.78 is 31.7. The zero-order valence-electron chi connectivity index (χ0n) is 11.4. The van der Waals surface area contributed by atoms with E-state index in [0.717, 1.165) is 19.3 Å². The second-order valence-corrected chi connectivity index (χ2v) is 6.72. The maximum atomic E-state index is 12.7. The van der Waals surface area contributed by atoms with Gasteiger partial charge in [0.25, 0.3) is 0 Å².